The van der Waals surface area contributed by atoms with Crippen molar-refractivity contribution in [3.8, 4) is 0 Å². The summed E-state index contributed by atoms with van der Waals surface area (Å²) in [6.07, 6.45) is -1.24. The second kappa shape index (κ2) is 10.7. The van der Waals surface area contributed by atoms with Crippen molar-refractivity contribution in [2.75, 3.05) is 13.3 Å². The number of ether oxygens (including phenoxy) is 4. The topological polar surface area (TPSA) is 108 Å². The maximum Gasteiger partial charge on any atom is 0.422 e. The molecular weight excluding hydrogens is 370 g/mol. The van der Waals surface area contributed by atoms with Gasteiger partial charge in [0, 0.05) is 6.42 Å². The Bertz CT molecular complexity index is 570. The van der Waals surface area contributed by atoms with E-state index in [1.54, 1.807) is 41.5 Å². The summed E-state index contributed by atoms with van der Waals surface area (Å²) in [5.74, 6) is -1.40. The van der Waals surface area contributed by atoms with Crippen LogP contribution < -0.4 is 0 Å². The molecule has 0 spiro atoms. The molecular formula is C19H31NO8. The molecule has 0 aromatic carbocycles. The number of nitrogens with zero attached hydrogens (tertiary/aromatic N) is 1. The van der Waals surface area contributed by atoms with Crippen molar-refractivity contribution in [2.24, 2.45) is 0 Å². The molecule has 0 N–H and O–H groups in total. The SMILES string of the molecule is C=C(COC(=O)CCC)C(=O)OCN(C(=O)OC(C)(C)C)C(=O)OC(C)(C)C. The van der Waals surface area contributed by atoms with E-state index in [1.807, 2.05) is 6.92 Å². The highest BCUT2D eigenvalue weighted by molar-refractivity contribution is 5.90. The molecule has 0 aliphatic heterocycles. The molecule has 2 amide bonds. The van der Waals surface area contributed by atoms with Gasteiger partial charge in [0.2, 0.25) is 0 Å². The minimum atomic E-state index is -1.03. The van der Waals surface area contributed by atoms with Crippen LogP contribution in [0.3, 0.4) is 0 Å². The third-order valence-corrected chi connectivity index (χ3v) is 2.70. The molecule has 9 nitrogen and oxygen atoms in total. The predicted octanol–water partition coefficient (Wildman–Crippen LogP) is 3.56. The lowest BCUT2D eigenvalue weighted by molar-refractivity contribution is -0.146. The Kier molecular flexibility index (Phi) is 9.69. The van der Waals surface area contributed by atoms with E-state index in [1.165, 1.54) is 0 Å². The van der Waals surface area contributed by atoms with Crippen molar-refractivity contribution < 1.29 is 38.1 Å². The highest BCUT2D eigenvalue weighted by Gasteiger charge is 2.32. The van der Waals surface area contributed by atoms with Gasteiger partial charge in [-0.05, 0) is 48.0 Å². The van der Waals surface area contributed by atoms with E-state index >= 15 is 0 Å². The van der Waals surface area contributed by atoms with Crippen LogP contribution in [0, 0.1) is 0 Å². The van der Waals surface area contributed by atoms with Crippen LogP contribution in [0.25, 0.3) is 0 Å². The van der Waals surface area contributed by atoms with Gasteiger partial charge in [0.15, 0.2) is 6.73 Å². The lowest BCUT2D eigenvalue weighted by atomic mass is 10.2. The average molecular weight is 401 g/mol. The van der Waals surface area contributed by atoms with Gasteiger partial charge >= 0.3 is 24.1 Å². The highest BCUT2D eigenvalue weighted by Crippen LogP contribution is 2.15. The Labute approximate surface area is 165 Å². The second-order valence-electron chi connectivity index (χ2n) is 7.96. The van der Waals surface area contributed by atoms with Gasteiger partial charge in [0.05, 0.1) is 5.57 Å². The second-order valence-corrected chi connectivity index (χ2v) is 7.96. The van der Waals surface area contributed by atoms with Crippen LogP contribution in [-0.2, 0) is 28.5 Å². The third kappa shape index (κ3) is 11.2. The molecule has 0 heterocycles. The van der Waals surface area contributed by atoms with Gasteiger partial charge in [-0.2, -0.15) is 4.90 Å². The first-order valence-electron chi connectivity index (χ1n) is 8.90. The molecule has 0 aromatic rings. The minimum Gasteiger partial charge on any atom is -0.461 e. The van der Waals surface area contributed by atoms with E-state index in [9.17, 15) is 19.2 Å². The molecule has 0 unspecified atom stereocenters. The quantitative estimate of drug-likeness (QED) is 0.276. The number of imide groups is 1. The summed E-state index contributed by atoms with van der Waals surface area (Å²) >= 11 is 0. The van der Waals surface area contributed by atoms with Gasteiger partial charge in [-0.3, -0.25) is 4.79 Å². The largest absolute Gasteiger partial charge is 0.461 e. The fraction of sp³-hybridized carbons (Fsp3) is 0.684. The van der Waals surface area contributed by atoms with Crippen LogP contribution in [-0.4, -0.2) is 53.6 Å². The Morgan fingerprint density at radius 2 is 1.32 bits per heavy atom. The number of carbonyl (C=O) groups excluding carboxylic acids is 4. The van der Waals surface area contributed by atoms with Crippen molar-refractivity contribution in [1.29, 1.82) is 0 Å². The monoisotopic (exact) mass is 401 g/mol. The minimum absolute atomic E-state index is 0.141. The highest BCUT2D eigenvalue weighted by atomic mass is 16.6. The smallest absolute Gasteiger partial charge is 0.422 e. The number of esters is 2. The first kappa shape index (κ1) is 25.4. The predicted molar refractivity (Wildman–Crippen MR) is 100 cm³/mol. The van der Waals surface area contributed by atoms with E-state index in [2.05, 4.69) is 6.58 Å². The lowest BCUT2D eigenvalue weighted by Crippen LogP contribution is -2.45. The Balaban J connectivity index is 4.96. The number of rotatable bonds is 7. The number of amides is 2. The molecule has 0 fully saturated rings. The average Bonchev–Trinajstić information content (AvgIpc) is 2.49. The Morgan fingerprint density at radius 3 is 1.71 bits per heavy atom. The van der Waals surface area contributed by atoms with Crippen molar-refractivity contribution in [2.45, 2.75) is 72.5 Å². The summed E-state index contributed by atoms with van der Waals surface area (Å²) in [4.78, 5) is 48.4. The fourth-order valence-electron chi connectivity index (χ4n) is 1.54. The normalized spacial score (nSPS) is 11.2. The van der Waals surface area contributed by atoms with E-state index < -0.39 is 42.1 Å². The van der Waals surface area contributed by atoms with Gasteiger partial charge in [0.1, 0.15) is 17.8 Å². The summed E-state index contributed by atoms with van der Waals surface area (Å²) in [5, 5.41) is 0. The van der Waals surface area contributed by atoms with Crippen LogP contribution in [0.5, 0.6) is 0 Å². The standard InChI is InChI=1S/C19H31NO8/c1-9-10-14(21)25-11-13(2)15(22)26-12-20(16(23)27-18(3,4)5)17(24)28-19(6,7)8/h2,9-12H2,1,3-8H3. The van der Waals surface area contributed by atoms with Crippen LogP contribution in [0.4, 0.5) is 9.59 Å². The zero-order valence-corrected chi connectivity index (χ0v) is 17.7. The zero-order valence-electron chi connectivity index (χ0n) is 17.7. The van der Waals surface area contributed by atoms with Gasteiger partial charge in [-0.25, -0.2) is 14.4 Å². The number of hydrogen-bond acceptors (Lipinski definition) is 8. The molecule has 28 heavy (non-hydrogen) atoms. The van der Waals surface area contributed by atoms with E-state index in [0.717, 1.165) is 0 Å². The first-order chi connectivity index (χ1) is 12.7. The molecule has 9 heteroatoms. The van der Waals surface area contributed by atoms with Crippen LogP contribution in [0.1, 0.15) is 61.3 Å². The summed E-state index contributed by atoms with van der Waals surface area (Å²) in [5.41, 5.74) is -1.89. The van der Waals surface area contributed by atoms with Crippen molar-refractivity contribution in [3.05, 3.63) is 12.2 Å². The van der Waals surface area contributed by atoms with Crippen molar-refractivity contribution >= 4 is 24.1 Å². The molecule has 0 rings (SSSR count). The van der Waals surface area contributed by atoms with E-state index in [4.69, 9.17) is 18.9 Å². The molecule has 0 atom stereocenters. The van der Waals surface area contributed by atoms with Crippen LogP contribution in [0.2, 0.25) is 0 Å². The summed E-state index contributed by atoms with van der Waals surface area (Å²) < 4.78 is 20.1. The van der Waals surface area contributed by atoms with E-state index in [0.29, 0.717) is 11.3 Å². The lowest BCUT2D eigenvalue weighted by Gasteiger charge is -2.28. The van der Waals surface area contributed by atoms with Crippen LogP contribution >= 0.6 is 0 Å². The summed E-state index contributed by atoms with van der Waals surface area (Å²) in [6.45, 7) is 13.9. The van der Waals surface area contributed by atoms with Crippen molar-refractivity contribution in [1.82, 2.24) is 4.90 Å². The molecule has 0 aliphatic rings. The van der Waals surface area contributed by atoms with Gasteiger partial charge in [-0.1, -0.05) is 13.5 Å². The maximum atomic E-state index is 12.3. The zero-order chi connectivity index (χ0) is 22.1. The molecule has 160 valence electrons. The molecule has 0 saturated carbocycles. The summed E-state index contributed by atoms with van der Waals surface area (Å²) in [7, 11) is 0. The molecule has 0 aromatic heterocycles. The van der Waals surface area contributed by atoms with Gasteiger partial charge in [-0.15, -0.1) is 0 Å². The number of carbonyl (C=O) groups is 4. The molecule has 0 aliphatic carbocycles. The molecule has 0 radical (unpaired) electrons. The van der Waals surface area contributed by atoms with E-state index in [-0.39, 0.29) is 18.6 Å². The molecule has 0 saturated heterocycles. The first-order valence-corrected chi connectivity index (χ1v) is 8.90. The van der Waals surface area contributed by atoms with Gasteiger partial charge in [0.25, 0.3) is 0 Å². The third-order valence-electron chi connectivity index (χ3n) is 2.70. The summed E-state index contributed by atoms with van der Waals surface area (Å²) in [6, 6.07) is 0. The number of hydrogen-bond donors (Lipinski definition) is 0. The Hall–Kier alpha value is -2.58. The van der Waals surface area contributed by atoms with Crippen LogP contribution in [0.15, 0.2) is 12.2 Å². The molecule has 0 bridgehead atoms. The van der Waals surface area contributed by atoms with Gasteiger partial charge < -0.3 is 18.9 Å². The van der Waals surface area contributed by atoms with Crippen molar-refractivity contribution in [3.63, 3.8) is 0 Å². The Morgan fingerprint density at radius 1 is 0.857 bits per heavy atom. The maximum absolute atomic E-state index is 12.3. The fourth-order valence-corrected chi connectivity index (χ4v) is 1.54.